The van der Waals surface area contributed by atoms with Crippen molar-refractivity contribution in [3.8, 4) is 0 Å². The predicted molar refractivity (Wildman–Crippen MR) is 135 cm³/mol. The van der Waals surface area contributed by atoms with E-state index in [-0.39, 0.29) is 16.4 Å². The molecule has 0 unspecified atom stereocenters. The number of nitrogens with zero attached hydrogens (tertiary/aromatic N) is 1. The summed E-state index contributed by atoms with van der Waals surface area (Å²) in [6.07, 6.45) is 0. The van der Waals surface area contributed by atoms with Gasteiger partial charge in [0.15, 0.2) is 0 Å². The van der Waals surface area contributed by atoms with E-state index in [0.29, 0.717) is 16.9 Å². The average Bonchev–Trinajstić information content (AvgIpc) is 2.89. The van der Waals surface area contributed by atoms with Gasteiger partial charge in [-0.1, -0.05) is 54.1 Å². The molecule has 2 amide bonds. The van der Waals surface area contributed by atoms with Crippen LogP contribution in [-0.4, -0.2) is 20.2 Å². The van der Waals surface area contributed by atoms with Gasteiger partial charge in [0.2, 0.25) is 0 Å². The summed E-state index contributed by atoms with van der Waals surface area (Å²) in [5.41, 5.74) is 5.09. The van der Waals surface area contributed by atoms with E-state index in [9.17, 15) is 18.0 Å². The zero-order chi connectivity index (χ0) is 24.8. The SMILES string of the molecule is Cc1ccc(S(=O)(=O)NNC(=O)c2ccc(C(=O)N(c3ccccc3)c3ccccc3)cc2)cc1. The number of amides is 2. The molecule has 0 bridgehead atoms. The molecule has 7 nitrogen and oxygen atoms in total. The van der Waals surface area contributed by atoms with Crippen LogP contribution in [0.25, 0.3) is 0 Å². The van der Waals surface area contributed by atoms with E-state index in [4.69, 9.17) is 0 Å². The molecule has 4 rings (SSSR count). The summed E-state index contributed by atoms with van der Waals surface area (Å²) in [6.45, 7) is 1.85. The summed E-state index contributed by atoms with van der Waals surface area (Å²) in [6, 6.07) is 30.8. The third kappa shape index (κ3) is 5.63. The Kier molecular flexibility index (Phi) is 7.05. The molecule has 0 fully saturated rings. The molecule has 0 heterocycles. The molecular formula is C27H23N3O4S. The molecule has 4 aromatic rings. The second-order valence-corrected chi connectivity index (χ2v) is 9.44. The van der Waals surface area contributed by atoms with Gasteiger partial charge in [0.25, 0.3) is 21.8 Å². The molecule has 4 aromatic carbocycles. The van der Waals surface area contributed by atoms with Gasteiger partial charge in [-0.05, 0) is 67.6 Å². The van der Waals surface area contributed by atoms with Crippen LogP contribution in [0.1, 0.15) is 26.3 Å². The van der Waals surface area contributed by atoms with E-state index in [1.807, 2.05) is 67.6 Å². The molecule has 0 aromatic heterocycles. The fourth-order valence-corrected chi connectivity index (χ4v) is 4.23. The fourth-order valence-electron chi connectivity index (χ4n) is 3.39. The highest BCUT2D eigenvalue weighted by molar-refractivity contribution is 7.89. The minimum absolute atomic E-state index is 0.0336. The number of carbonyl (C=O) groups excluding carboxylic acids is 2. The lowest BCUT2D eigenvalue weighted by atomic mass is 10.1. The van der Waals surface area contributed by atoms with Crippen molar-refractivity contribution in [1.82, 2.24) is 10.3 Å². The van der Waals surface area contributed by atoms with Crippen molar-refractivity contribution in [2.45, 2.75) is 11.8 Å². The molecule has 0 aliphatic rings. The molecule has 0 saturated carbocycles. The van der Waals surface area contributed by atoms with Crippen molar-refractivity contribution >= 4 is 33.2 Å². The van der Waals surface area contributed by atoms with Gasteiger partial charge in [0, 0.05) is 22.5 Å². The highest BCUT2D eigenvalue weighted by Crippen LogP contribution is 2.27. The van der Waals surface area contributed by atoms with Crippen molar-refractivity contribution < 1.29 is 18.0 Å². The molecule has 0 aliphatic heterocycles. The third-order valence-corrected chi connectivity index (χ3v) is 6.52. The summed E-state index contributed by atoms with van der Waals surface area (Å²) in [5, 5.41) is 0. The number of carbonyl (C=O) groups is 2. The van der Waals surface area contributed by atoms with Crippen LogP contribution in [0.3, 0.4) is 0 Å². The maximum atomic E-state index is 13.4. The van der Waals surface area contributed by atoms with Gasteiger partial charge in [-0.15, -0.1) is 4.83 Å². The van der Waals surface area contributed by atoms with E-state index in [2.05, 4.69) is 10.3 Å². The second kappa shape index (κ2) is 10.3. The van der Waals surface area contributed by atoms with Crippen LogP contribution in [0.5, 0.6) is 0 Å². The number of hydrazine groups is 1. The van der Waals surface area contributed by atoms with Crippen molar-refractivity contribution in [2.75, 3.05) is 4.90 Å². The number of hydrogen-bond acceptors (Lipinski definition) is 4. The van der Waals surface area contributed by atoms with Crippen molar-refractivity contribution in [3.63, 3.8) is 0 Å². The maximum absolute atomic E-state index is 13.4. The van der Waals surface area contributed by atoms with Crippen LogP contribution < -0.4 is 15.2 Å². The Hall–Kier alpha value is -4.27. The lowest BCUT2D eigenvalue weighted by molar-refractivity contribution is 0.0943. The number of anilines is 2. The van der Waals surface area contributed by atoms with Gasteiger partial charge in [0.05, 0.1) is 4.90 Å². The summed E-state index contributed by atoms with van der Waals surface area (Å²) < 4.78 is 24.8. The molecule has 8 heteroatoms. The fraction of sp³-hybridized carbons (Fsp3) is 0.0370. The van der Waals surface area contributed by atoms with Crippen LogP contribution in [0, 0.1) is 6.92 Å². The van der Waals surface area contributed by atoms with Gasteiger partial charge < -0.3 is 0 Å². The van der Waals surface area contributed by atoms with E-state index in [0.717, 1.165) is 5.56 Å². The van der Waals surface area contributed by atoms with E-state index in [1.54, 1.807) is 17.0 Å². The van der Waals surface area contributed by atoms with Crippen LogP contribution in [0.4, 0.5) is 11.4 Å². The van der Waals surface area contributed by atoms with Gasteiger partial charge in [-0.25, -0.2) is 8.42 Å². The molecule has 2 N–H and O–H groups in total. The number of rotatable bonds is 7. The number of sulfonamides is 1. The standard InChI is InChI=1S/C27H23N3O4S/c1-20-12-18-25(19-13-20)35(33,34)29-28-26(31)21-14-16-22(17-15-21)27(32)30(23-8-4-2-5-9-23)24-10-6-3-7-11-24/h2-19,29H,1H3,(H,28,31). The molecule has 0 aliphatic carbocycles. The number of aryl methyl sites for hydroxylation is 1. The minimum atomic E-state index is -3.92. The first-order chi connectivity index (χ1) is 16.8. The van der Waals surface area contributed by atoms with Crippen LogP contribution in [0.15, 0.2) is 114 Å². The Bertz CT molecular complexity index is 1380. The molecule has 0 atom stereocenters. The molecule has 35 heavy (non-hydrogen) atoms. The maximum Gasteiger partial charge on any atom is 0.266 e. The quantitative estimate of drug-likeness (QED) is 0.374. The topological polar surface area (TPSA) is 95.6 Å². The smallest absolute Gasteiger partial charge is 0.266 e. The van der Waals surface area contributed by atoms with E-state index < -0.39 is 15.9 Å². The highest BCUT2D eigenvalue weighted by atomic mass is 32.2. The largest absolute Gasteiger partial charge is 0.277 e. The van der Waals surface area contributed by atoms with Crippen LogP contribution >= 0.6 is 0 Å². The molecule has 0 saturated heterocycles. The number of nitrogens with one attached hydrogen (secondary N) is 2. The Balaban J connectivity index is 1.50. The zero-order valence-corrected chi connectivity index (χ0v) is 19.7. The van der Waals surface area contributed by atoms with Crippen molar-refractivity contribution in [3.05, 3.63) is 126 Å². The Morgan fingerprint density at radius 1 is 0.657 bits per heavy atom. The monoisotopic (exact) mass is 485 g/mol. The zero-order valence-electron chi connectivity index (χ0n) is 18.9. The lowest BCUT2D eigenvalue weighted by Gasteiger charge is -2.23. The average molecular weight is 486 g/mol. The van der Waals surface area contributed by atoms with Gasteiger partial charge in [-0.2, -0.15) is 0 Å². The van der Waals surface area contributed by atoms with E-state index >= 15 is 0 Å². The summed E-state index contributed by atoms with van der Waals surface area (Å²) >= 11 is 0. The first kappa shape index (κ1) is 23.9. The summed E-state index contributed by atoms with van der Waals surface area (Å²) in [5.74, 6) is -0.919. The Morgan fingerprint density at radius 2 is 1.14 bits per heavy atom. The first-order valence-corrected chi connectivity index (χ1v) is 12.3. The molecule has 0 radical (unpaired) electrons. The van der Waals surface area contributed by atoms with Crippen LogP contribution in [-0.2, 0) is 10.0 Å². The number of hydrogen-bond donors (Lipinski definition) is 2. The van der Waals surface area contributed by atoms with Gasteiger partial charge in [0.1, 0.15) is 0 Å². The first-order valence-electron chi connectivity index (χ1n) is 10.8. The Labute approximate surface area is 204 Å². The minimum Gasteiger partial charge on any atom is -0.277 e. The van der Waals surface area contributed by atoms with Gasteiger partial charge >= 0.3 is 0 Å². The predicted octanol–water partition coefficient (Wildman–Crippen LogP) is 4.60. The van der Waals surface area contributed by atoms with E-state index in [1.165, 1.54) is 36.4 Å². The Morgan fingerprint density at radius 3 is 1.66 bits per heavy atom. The van der Waals surface area contributed by atoms with Gasteiger partial charge in [-0.3, -0.25) is 19.9 Å². The second-order valence-electron chi connectivity index (χ2n) is 7.76. The van der Waals surface area contributed by atoms with Crippen molar-refractivity contribution in [1.29, 1.82) is 0 Å². The van der Waals surface area contributed by atoms with Crippen molar-refractivity contribution in [2.24, 2.45) is 0 Å². The molecular weight excluding hydrogens is 462 g/mol. The third-order valence-electron chi connectivity index (χ3n) is 5.26. The lowest BCUT2D eigenvalue weighted by Crippen LogP contribution is -2.41. The van der Waals surface area contributed by atoms with Crippen LogP contribution in [0.2, 0.25) is 0 Å². The molecule has 176 valence electrons. The number of benzene rings is 4. The molecule has 0 spiro atoms. The number of para-hydroxylation sites is 2. The summed E-state index contributed by atoms with van der Waals surface area (Å²) in [4.78, 5) is 29.6. The highest BCUT2D eigenvalue weighted by Gasteiger charge is 2.20. The normalized spacial score (nSPS) is 11.0. The summed E-state index contributed by atoms with van der Waals surface area (Å²) in [7, 11) is -3.92.